The first-order valence-corrected chi connectivity index (χ1v) is 7.04. The summed E-state index contributed by atoms with van der Waals surface area (Å²) in [5, 5.41) is 0. The van der Waals surface area contributed by atoms with E-state index in [4.69, 9.17) is 5.73 Å². The van der Waals surface area contributed by atoms with E-state index < -0.39 is 0 Å². The van der Waals surface area contributed by atoms with E-state index in [0.717, 1.165) is 29.5 Å². The first kappa shape index (κ1) is 15.8. The molecule has 18 heavy (non-hydrogen) atoms. The molecule has 1 aromatic rings. The maximum absolute atomic E-state index is 12.2. The number of H-pyrrole nitrogens is 1. The number of likely N-dealkylation sites (tertiary alicyclic amines) is 1. The van der Waals surface area contributed by atoms with Crippen LogP contribution in [0.4, 0.5) is 0 Å². The molecule has 0 bridgehead atoms. The van der Waals surface area contributed by atoms with Crippen LogP contribution in [-0.2, 0) is 0 Å². The molecule has 1 amide bonds. The van der Waals surface area contributed by atoms with E-state index in [2.05, 4.69) is 27.6 Å². The minimum Gasteiger partial charge on any atom is -0.356 e. The van der Waals surface area contributed by atoms with Gasteiger partial charge < -0.3 is 15.6 Å². The van der Waals surface area contributed by atoms with Crippen molar-refractivity contribution in [1.29, 1.82) is 0 Å². The summed E-state index contributed by atoms with van der Waals surface area (Å²) in [4.78, 5) is 17.2. The van der Waals surface area contributed by atoms with Crippen molar-refractivity contribution in [3.8, 4) is 0 Å². The molecule has 1 saturated heterocycles. The van der Waals surface area contributed by atoms with Crippen LogP contribution >= 0.6 is 35.0 Å². The highest BCUT2D eigenvalue weighted by atomic mass is 127. The first-order chi connectivity index (χ1) is 8.08. The van der Waals surface area contributed by atoms with Crippen molar-refractivity contribution < 1.29 is 4.79 Å². The van der Waals surface area contributed by atoms with E-state index in [9.17, 15) is 4.79 Å². The lowest BCUT2D eigenvalue weighted by molar-refractivity contribution is 0.0655. The number of aromatic nitrogens is 1. The summed E-state index contributed by atoms with van der Waals surface area (Å²) in [6.07, 6.45) is 4.03. The van der Waals surface area contributed by atoms with E-state index in [1.165, 1.54) is 0 Å². The Hall–Kier alpha value is -0.270. The molecule has 1 aliphatic heterocycles. The van der Waals surface area contributed by atoms with Gasteiger partial charge in [0.15, 0.2) is 0 Å². The highest BCUT2D eigenvalue weighted by Gasteiger charge is 2.26. The lowest BCUT2D eigenvalue weighted by Gasteiger charge is -2.34. The molecule has 2 heterocycles. The molecule has 3 N–H and O–H groups in total. The molecule has 0 aromatic carbocycles. The van der Waals surface area contributed by atoms with Crippen LogP contribution in [0.25, 0.3) is 0 Å². The van der Waals surface area contributed by atoms with E-state index in [1.807, 2.05) is 24.1 Å². The molecule has 102 valence electrons. The van der Waals surface area contributed by atoms with Crippen molar-refractivity contribution in [1.82, 2.24) is 9.88 Å². The Morgan fingerprint density at radius 1 is 1.67 bits per heavy atom. The third-order valence-corrected chi connectivity index (χ3v) is 3.99. The summed E-state index contributed by atoms with van der Waals surface area (Å²) >= 11 is 2.20. The molecule has 2 atom stereocenters. The Bertz CT molecular complexity index is 408. The van der Waals surface area contributed by atoms with Gasteiger partial charge in [0.2, 0.25) is 0 Å². The minimum atomic E-state index is 0. The van der Waals surface area contributed by atoms with Gasteiger partial charge in [-0.25, -0.2) is 0 Å². The van der Waals surface area contributed by atoms with Gasteiger partial charge in [-0.1, -0.05) is 0 Å². The average molecular weight is 384 g/mol. The number of nitrogens with zero attached hydrogens (tertiary/aromatic N) is 1. The maximum atomic E-state index is 12.2. The normalized spacial score (nSPS) is 21.3. The van der Waals surface area contributed by atoms with Crippen LogP contribution in [0.5, 0.6) is 0 Å². The number of nitrogens with one attached hydrogen (secondary N) is 1. The van der Waals surface area contributed by atoms with E-state index in [-0.39, 0.29) is 24.4 Å². The highest BCUT2D eigenvalue weighted by Crippen LogP contribution is 2.20. The predicted molar refractivity (Wildman–Crippen MR) is 83.0 cm³/mol. The van der Waals surface area contributed by atoms with Crippen molar-refractivity contribution in [2.75, 3.05) is 13.1 Å². The van der Waals surface area contributed by atoms with Gasteiger partial charge in [0.1, 0.15) is 5.69 Å². The summed E-state index contributed by atoms with van der Waals surface area (Å²) in [6, 6.07) is 2.05. The van der Waals surface area contributed by atoms with Gasteiger partial charge in [-0.3, -0.25) is 4.79 Å². The van der Waals surface area contributed by atoms with Crippen molar-refractivity contribution >= 4 is 40.9 Å². The first-order valence-electron chi connectivity index (χ1n) is 5.96. The molecule has 2 unspecified atom stereocenters. The highest BCUT2D eigenvalue weighted by molar-refractivity contribution is 14.1. The van der Waals surface area contributed by atoms with Gasteiger partial charge in [0.25, 0.3) is 5.91 Å². The maximum Gasteiger partial charge on any atom is 0.270 e. The number of nitrogens with two attached hydrogens (primary N) is 1. The molecule has 0 aliphatic carbocycles. The van der Waals surface area contributed by atoms with Crippen LogP contribution in [0, 0.1) is 9.49 Å². The second-order valence-corrected chi connectivity index (χ2v) is 5.99. The van der Waals surface area contributed by atoms with Gasteiger partial charge >= 0.3 is 0 Å². The summed E-state index contributed by atoms with van der Waals surface area (Å²) in [5.74, 6) is 0.528. The van der Waals surface area contributed by atoms with Crippen molar-refractivity contribution in [2.24, 2.45) is 11.7 Å². The number of carbonyl (C=O) groups is 1. The zero-order chi connectivity index (χ0) is 12.4. The SMILES string of the molecule is CC(N)C1CCCN(C(=O)c2cc(I)c[nH]2)C1.Cl. The summed E-state index contributed by atoms with van der Waals surface area (Å²) in [5.41, 5.74) is 6.61. The molecule has 4 nitrogen and oxygen atoms in total. The number of hydrogen-bond donors (Lipinski definition) is 2. The number of rotatable bonds is 2. The van der Waals surface area contributed by atoms with E-state index >= 15 is 0 Å². The third-order valence-electron chi connectivity index (χ3n) is 3.37. The Balaban J connectivity index is 0.00000162. The largest absolute Gasteiger partial charge is 0.356 e. The Morgan fingerprint density at radius 3 is 2.94 bits per heavy atom. The number of hydrogen-bond acceptors (Lipinski definition) is 2. The van der Waals surface area contributed by atoms with Crippen LogP contribution < -0.4 is 5.73 Å². The number of carbonyl (C=O) groups excluding carboxylic acids is 1. The lowest BCUT2D eigenvalue weighted by atomic mass is 9.92. The fourth-order valence-corrected chi connectivity index (χ4v) is 2.75. The second-order valence-electron chi connectivity index (χ2n) is 4.74. The molecule has 1 fully saturated rings. The van der Waals surface area contributed by atoms with Gasteiger partial charge in [0, 0.05) is 28.9 Å². The topological polar surface area (TPSA) is 62.1 Å². The zero-order valence-corrected chi connectivity index (χ0v) is 13.3. The molecule has 2 rings (SSSR count). The Labute approximate surface area is 127 Å². The molecule has 0 radical (unpaired) electrons. The van der Waals surface area contributed by atoms with Gasteiger partial charge in [-0.15, -0.1) is 12.4 Å². The van der Waals surface area contributed by atoms with Crippen LogP contribution in [-0.4, -0.2) is 34.9 Å². The van der Waals surface area contributed by atoms with Gasteiger partial charge in [-0.05, 0) is 54.3 Å². The molecule has 6 heteroatoms. The standard InChI is InChI=1S/C12H18IN3O.ClH/c1-8(14)9-3-2-4-16(7-9)12(17)11-5-10(13)6-15-11;/h5-6,8-9,15H,2-4,7,14H2,1H3;1H. The summed E-state index contributed by atoms with van der Waals surface area (Å²) in [7, 11) is 0. The monoisotopic (exact) mass is 383 g/mol. The minimum absolute atomic E-state index is 0. The molecule has 0 saturated carbocycles. The number of aromatic amines is 1. The van der Waals surface area contributed by atoms with Crippen molar-refractivity contribution in [2.45, 2.75) is 25.8 Å². The van der Waals surface area contributed by atoms with Crippen molar-refractivity contribution in [3.63, 3.8) is 0 Å². The third kappa shape index (κ3) is 3.61. The second kappa shape index (κ2) is 6.77. The number of piperidine rings is 1. The Kier molecular flexibility index (Phi) is 5.94. The fraction of sp³-hybridized carbons (Fsp3) is 0.583. The van der Waals surface area contributed by atoms with Crippen LogP contribution in [0.15, 0.2) is 12.3 Å². The van der Waals surface area contributed by atoms with Gasteiger partial charge in [-0.2, -0.15) is 0 Å². The molecular weight excluding hydrogens is 365 g/mol. The van der Waals surface area contributed by atoms with Crippen LogP contribution in [0.3, 0.4) is 0 Å². The van der Waals surface area contributed by atoms with E-state index in [1.54, 1.807) is 0 Å². The smallest absolute Gasteiger partial charge is 0.270 e. The molecular formula is C12H19ClIN3O. The zero-order valence-electron chi connectivity index (χ0n) is 10.4. The summed E-state index contributed by atoms with van der Waals surface area (Å²) in [6.45, 7) is 3.65. The summed E-state index contributed by atoms with van der Waals surface area (Å²) < 4.78 is 1.06. The number of amides is 1. The fourth-order valence-electron chi connectivity index (χ4n) is 2.29. The molecule has 1 aliphatic rings. The van der Waals surface area contributed by atoms with Crippen LogP contribution in [0.2, 0.25) is 0 Å². The molecule has 0 spiro atoms. The average Bonchev–Trinajstić information content (AvgIpc) is 2.75. The quantitative estimate of drug-likeness (QED) is 0.770. The van der Waals surface area contributed by atoms with Crippen LogP contribution in [0.1, 0.15) is 30.3 Å². The predicted octanol–water partition coefficient (Wildman–Crippen LogP) is 2.24. The van der Waals surface area contributed by atoms with Crippen molar-refractivity contribution in [3.05, 3.63) is 21.5 Å². The molecule has 1 aromatic heterocycles. The van der Waals surface area contributed by atoms with Gasteiger partial charge in [0.05, 0.1) is 0 Å². The lowest BCUT2D eigenvalue weighted by Crippen LogP contribution is -2.45. The number of halogens is 2. The Morgan fingerprint density at radius 2 is 2.39 bits per heavy atom. The van der Waals surface area contributed by atoms with E-state index in [0.29, 0.717) is 11.6 Å².